The van der Waals surface area contributed by atoms with E-state index in [-0.39, 0.29) is 12.3 Å². The van der Waals surface area contributed by atoms with Crippen molar-refractivity contribution < 1.29 is 23.8 Å². The van der Waals surface area contributed by atoms with Crippen molar-refractivity contribution in [3.8, 4) is 22.8 Å². The third kappa shape index (κ3) is 3.78. The molecule has 3 rings (SSSR count). The molecule has 0 radical (unpaired) electrons. The number of nitrogens with zero attached hydrogens (tertiary/aromatic N) is 2. The molecule has 3 aromatic rings. The third-order valence-corrected chi connectivity index (χ3v) is 4.01. The van der Waals surface area contributed by atoms with E-state index in [1.54, 1.807) is 42.5 Å². The minimum atomic E-state index is -0.690. The molecule has 0 fully saturated rings. The molecule has 0 aliphatic heterocycles. The van der Waals surface area contributed by atoms with Crippen LogP contribution in [0.4, 0.5) is 0 Å². The number of ether oxygens (including phenoxy) is 3. The van der Waals surface area contributed by atoms with Crippen LogP contribution in [0.3, 0.4) is 0 Å². The molecular weight excluding hydrogens is 364 g/mol. The first-order chi connectivity index (χ1) is 13.5. The summed E-state index contributed by atoms with van der Waals surface area (Å²) in [6, 6.07) is 12.0. The number of aromatic nitrogens is 3. The normalized spacial score (nSPS) is 10.4. The van der Waals surface area contributed by atoms with E-state index >= 15 is 0 Å². The molecule has 1 amide bonds. The molecule has 0 aliphatic carbocycles. The second-order valence-corrected chi connectivity index (χ2v) is 5.69. The zero-order chi connectivity index (χ0) is 20.1. The second-order valence-electron chi connectivity index (χ2n) is 5.69. The molecule has 0 aliphatic rings. The van der Waals surface area contributed by atoms with Crippen molar-refractivity contribution in [3.63, 3.8) is 0 Å². The smallest absolute Gasteiger partial charge is 0.341 e. The number of H-pyrrole nitrogens is 1. The lowest BCUT2D eigenvalue weighted by atomic mass is 10.1. The molecule has 1 heterocycles. The van der Waals surface area contributed by atoms with Gasteiger partial charge in [-0.05, 0) is 30.3 Å². The van der Waals surface area contributed by atoms with Gasteiger partial charge < -0.3 is 19.9 Å². The number of benzene rings is 2. The number of carbonyl (C=O) groups is 2. The summed E-state index contributed by atoms with van der Waals surface area (Å²) in [7, 11) is 2.84. The second kappa shape index (κ2) is 8.21. The van der Waals surface area contributed by atoms with Gasteiger partial charge in [0, 0.05) is 11.1 Å². The lowest BCUT2D eigenvalue weighted by Gasteiger charge is -2.13. The lowest BCUT2D eigenvalue weighted by Crippen LogP contribution is -2.12. The van der Waals surface area contributed by atoms with Crippen LogP contribution in [0.2, 0.25) is 0 Å². The maximum Gasteiger partial charge on any atom is 0.341 e. The number of carbonyl (C=O) groups excluding carboxylic acids is 2. The van der Waals surface area contributed by atoms with Crippen LogP contribution in [0.1, 0.15) is 26.4 Å². The Morgan fingerprint density at radius 2 is 1.86 bits per heavy atom. The van der Waals surface area contributed by atoms with E-state index in [2.05, 4.69) is 15.4 Å². The Hall–Kier alpha value is -3.88. The van der Waals surface area contributed by atoms with E-state index in [1.807, 2.05) is 0 Å². The van der Waals surface area contributed by atoms with E-state index in [0.29, 0.717) is 33.9 Å². The Balaban J connectivity index is 1.91. The molecule has 0 unspecified atom stereocenters. The zero-order valence-corrected chi connectivity index (χ0v) is 15.3. The van der Waals surface area contributed by atoms with E-state index in [0.717, 1.165) is 0 Å². The SMILES string of the molecule is COC(=O)c1ccccc1OCc1cc(-c2n[nH]nc2C(N)=O)ccc1OC. The average Bonchev–Trinajstić information content (AvgIpc) is 3.22. The number of amides is 1. The van der Waals surface area contributed by atoms with Crippen LogP contribution in [-0.4, -0.2) is 41.5 Å². The number of hydrogen-bond acceptors (Lipinski definition) is 7. The van der Waals surface area contributed by atoms with E-state index in [1.165, 1.54) is 14.2 Å². The number of nitrogens with two attached hydrogens (primary N) is 1. The maximum absolute atomic E-state index is 11.9. The predicted octanol–water partition coefficient (Wildman–Crippen LogP) is 1.94. The van der Waals surface area contributed by atoms with Gasteiger partial charge in [-0.3, -0.25) is 4.79 Å². The minimum absolute atomic E-state index is 0.0353. The fourth-order valence-corrected chi connectivity index (χ4v) is 2.67. The van der Waals surface area contributed by atoms with Crippen molar-refractivity contribution in [1.82, 2.24) is 15.4 Å². The number of rotatable bonds is 7. The van der Waals surface area contributed by atoms with Crippen LogP contribution in [0.25, 0.3) is 11.3 Å². The standard InChI is InChI=1S/C19H18N4O5/c1-26-14-8-7-11(16-17(18(20)24)22-23-21-16)9-12(14)10-28-15-6-4-3-5-13(15)19(25)27-2/h3-9H,10H2,1-2H3,(H2,20,24)(H,21,22,23). The van der Waals surface area contributed by atoms with E-state index < -0.39 is 11.9 Å². The highest BCUT2D eigenvalue weighted by Gasteiger charge is 2.18. The molecule has 9 heteroatoms. The number of hydrogen-bond donors (Lipinski definition) is 2. The summed E-state index contributed by atoms with van der Waals surface area (Å²) in [4.78, 5) is 23.4. The van der Waals surface area contributed by atoms with Crippen LogP contribution in [0, 0.1) is 0 Å². The first-order valence-electron chi connectivity index (χ1n) is 8.23. The lowest BCUT2D eigenvalue weighted by molar-refractivity contribution is 0.0595. The number of aromatic amines is 1. The Morgan fingerprint density at radius 1 is 1.07 bits per heavy atom. The Bertz CT molecular complexity index is 1020. The van der Waals surface area contributed by atoms with Crippen molar-refractivity contribution in [3.05, 3.63) is 59.3 Å². The summed E-state index contributed by atoms with van der Waals surface area (Å²) in [6.45, 7) is 0.106. The predicted molar refractivity (Wildman–Crippen MR) is 99.0 cm³/mol. The molecule has 9 nitrogen and oxygen atoms in total. The highest BCUT2D eigenvalue weighted by Crippen LogP contribution is 2.28. The summed E-state index contributed by atoms with van der Waals surface area (Å²) in [6.07, 6.45) is 0. The third-order valence-electron chi connectivity index (χ3n) is 4.01. The molecule has 0 saturated heterocycles. The van der Waals surface area contributed by atoms with Crippen LogP contribution < -0.4 is 15.2 Å². The molecule has 28 heavy (non-hydrogen) atoms. The van der Waals surface area contributed by atoms with Crippen LogP contribution in [-0.2, 0) is 11.3 Å². The minimum Gasteiger partial charge on any atom is -0.496 e. The van der Waals surface area contributed by atoms with Crippen molar-refractivity contribution in [2.24, 2.45) is 5.73 Å². The van der Waals surface area contributed by atoms with Crippen molar-refractivity contribution in [2.75, 3.05) is 14.2 Å². The Morgan fingerprint density at radius 3 is 2.57 bits per heavy atom. The first-order valence-corrected chi connectivity index (χ1v) is 8.23. The zero-order valence-electron chi connectivity index (χ0n) is 15.3. The summed E-state index contributed by atoms with van der Waals surface area (Å²) < 4.78 is 16.0. The van der Waals surface area contributed by atoms with Gasteiger partial charge in [-0.2, -0.15) is 15.4 Å². The molecule has 144 valence electrons. The fourth-order valence-electron chi connectivity index (χ4n) is 2.67. The first kappa shape index (κ1) is 18.9. The molecule has 0 atom stereocenters. The van der Waals surface area contributed by atoms with Crippen molar-refractivity contribution >= 4 is 11.9 Å². The number of methoxy groups -OCH3 is 2. The van der Waals surface area contributed by atoms with Gasteiger partial charge >= 0.3 is 5.97 Å². The Kier molecular flexibility index (Phi) is 5.54. The van der Waals surface area contributed by atoms with Crippen molar-refractivity contribution in [2.45, 2.75) is 6.61 Å². The van der Waals surface area contributed by atoms with Gasteiger partial charge in [0.25, 0.3) is 5.91 Å². The monoisotopic (exact) mass is 382 g/mol. The van der Waals surface area contributed by atoms with Crippen LogP contribution in [0.15, 0.2) is 42.5 Å². The summed E-state index contributed by atoms with van der Waals surface area (Å²) >= 11 is 0. The van der Waals surface area contributed by atoms with Crippen LogP contribution >= 0.6 is 0 Å². The van der Waals surface area contributed by atoms with E-state index in [9.17, 15) is 9.59 Å². The van der Waals surface area contributed by atoms with Gasteiger partial charge in [0.1, 0.15) is 29.4 Å². The number of primary amides is 1. The van der Waals surface area contributed by atoms with Gasteiger partial charge in [-0.1, -0.05) is 12.1 Å². The highest BCUT2D eigenvalue weighted by atomic mass is 16.5. The molecule has 2 aromatic carbocycles. The molecule has 0 spiro atoms. The summed E-state index contributed by atoms with van der Waals surface area (Å²) in [5.41, 5.74) is 7.29. The molecule has 1 aromatic heterocycles. The summed E-state index contributed by atoms with van der Waals surface area (Å²) in [5.74, 6) is -0.237. The average molecular weight is 382 g/mol. The highest BCUT2D eigenvalue weighted by molar-refractivity contribution is 5.96. The Labute approximate surface area is 160 Å². The number of nitrogens with one attached hydrogen (secondary N) is 1. The van der Waals surface area contributed by atoms with E-state index in [4.69, 9.17) is 19.9 Å². The molecular formula is C19H18N4O5. The number of para-hydroxylation sites is 1. The molecule has 0 bridgehead atoms. The quantitative estimate of drug-likeness (QED) is 0.597. The summed E-state index contributed by atoms with van der Waals surface area (Å²) in [5, 5.41) is 10.2. The number of esters is 1. The molecule has 0 saturated carbocycles. The molecule has 3 N–H and O–H groups in total. The van der Waals surface area contributed by atoms with Crippen molar-refractivity contribution in [1.29, 1.82) is 0 Å². The maximum atomic E-state index is 11.9. The van der Waals surface area contributed by atoms with Gasteiger partial charge in [-0.15, -0.1) is 0 Å². The van der Waals surface area contributed by atoms with Gasteiger partial charge in [-0.25, -0.2) is 4.79 Å². The topological polar surface area (TPSA) is 129 Å². The van der Waals surface area contributed by atoms with Gasteiger partial charge in [0.2, 0.25) is 0 Å². The van der Waals surface area contributed by atoms with Crippen LogP contribution in [0.5, 0.6) is 11.5 Å². The van der Waals surface area contributed by atoms with Gasteiger partial charge in [0.05, 0.1) is 14.2 Å². The largest absolute Gasteiger partial charge is 0.496 e. The van der Waals surface area contributed by atoms with Gasteiger partial charge in [0.15, 0.2) is 5.69 Å². The fraction of sp³-hybridized carbons (Fsp3) is 0.158.